The van der Waals surface area contributed by atoms with Gasteiger partial charge in [0.25, 0.3) is 11.8 Å². The third kappa shape index (κ3) is 6.14. The summed E-state index contributed by atoms with van der Waals surface area (Å²) in [6, 6.07) is 18.3. The SMILES string of the molecule is CNC(=O)c1cccc(OCc2ccc(Cl)cc2C(=O)N[C@@H](C)c2cccc(C(=O)OC)c2)c1. The molecule has 0 aliphatic rings. The van der Waals surface area contributed by atoms with Gasteiger partial charge in [-0.25, -0.2) is 4.79 Å². The van der Waals surface area contributed by atoms with Gasteiger partial charge in [0.05, 0.1) is 18.7 Å². The number of methoxy groups -OCH3 is 1. The van der Waals surface area contributed by atoms with Crippen molar-refractivity contribution in [3.63, 3.8) is 0 Å². The van der Waals surface area contributed by atoms with Gasteiger partial charge in [0.2, 0.25) is 0 Å². The van der Waals surface area contributed by atoms with Crippen LogP contribution in [0.25, 0.3) is 0 Å². The molecule has 0 bridgehead atoms. The lowest BCUT2D eigenvalue weighted by Gasteiger charge is -2.17. The number of hydrogen-bond acceptors (Lipinski definition) is 5. The molecule has 3 rings (SSSR count). The Bertz CT molecular complexity index is 1210. The molecule has 34 heavy (non-hydrogen) atoms. The molecule has 7 nitrogen and oxygen atoms in total. The summed E-state index contributed by atoms with van der Waals surface area (Å²) in [7, 11) is 2.87. The molecular weight excluding hydrogens is 456 g/mol. The van der Waals surface area contributed by atoms with E-state index in [1.807, 2.05) is 13.0 Å². The predicted octanol–water partition coefficient (Wildman–Crippen LogP) is 4.56. The van der Waals surface area contributed by atoms with Gasteiger partial charge in [0.15, 0.2) is 0 Å². The molecule has 2 N–H and O–H groups in total. The zero-order valence-corrected chi connectivity index (χ0v) is 19.8. The van der Waals surface area contributed by atoms with E-state index in [2.05, 4.69) is 10.6 Å². The quantitative estimate of drug-likeness (QED) is 0.461. The summed E-state index contributed by atoms with van der Waals surface area (Å²) in [4.78, 5) is 36.8. The molecule has 0 saturated carbocycles. The number of nitrogens with one attached hydrogen (secondary N) is 2. The van der Waals surface area contributed by atoms with Crippen molar-refractivity contribution in [3.8, 4) is 5.75 Å². The summed E-state index contributed by atoms with van der Waals surface area (Å²) in [6.07, 6.45) is 0. The summed E-state index contributed by atoms with van der Waals surface area (Å²) in [6.45, 7) is 1.92. The second-order valence-electron chi connectivity index (χ2n) is 7.51. The summed E-state index contributed by atoms with van der Waals surface area (Å²) < 4.78 is 10.6. The van der Waals surface area contributed by atoms with Crippen LogP contribution in [-0.4, -0.2) is 31.9 Å². The smallest absolute Gasteiger partial charge is 0.337 e. The van der Waals surface area contributed by atoms with Crippen molar-refractivity contribution in [1.82, 2.24) is 10.6 Å². The monoisotopic (exact) mass is 480 g/mol. The number of benzene rings is 3. The normalized spacial score (nSPS) is 11.3. The number of carbonyl (C=O) groups is 3. The minimum atomic E-state index is -0.449. The van der Waals surface area contributed by atoms with Crippen LogP contribution in [0.1, 0.15) is 55.2 Å². The molecule has 0 aliphatic heterocycles. The minimum Gasteiger partial charge on any atom is -0.489 e. The Morgan fingerprint density at radius 2 is 1.68 bits per heavy atom. The Hall–Kier alpha value is -3.84. The first-order valence-corrected chi connectivity index (χ1v) is 10.9. The third-order valence-corrected chi connectivity index (χ3v) is 5.42. The van der Waals surface area contributed by atoms with Gasteiger partial charge in [-0.2, -0.15) is 0 Å². The van der Waals surface area contributed by atoms with Crippen molar-refractivity contribution < 1.29 is 23.9 Å². The zero-order chi connectivity index (χ0) is 24.7. The van der Waals surface area contributed by atoms with E-state index in [-0.39, 0.29) is 24.5 Å². The van der Waals surface area contributed by atoms with E-state index in [4.69, 9.17) is 21.1 Å². The molecule has 1 atom stereocenters. The van der Waals surface area contributed by atoms with Gasteiger partial charge in [-0.1, -0.05) is 35.9 Å². The van der Waals surface area contributed by atoms with Gasteiger partial charge in [-0.15, -0.1) is 0 Å². The summed E-state index contributed by atoms with van der Waals surface area (Å²) in [5.74, 6) is -0.510. The molecule has 176 valence electrons. The summed E-state index contributed by atoms with van der Waals surface area (Å²) >= 11 is 6.16. The molecule has 0 radical (unpaired) electrons. The molecule has 3 aromatic carbocycles. The van der Waals surface area contributed by atoms with Crippen molar-refractivity contribution in [2.24, 2.45) is 0 Å². The van der Waals surface area contributed by atoms with Crippen LogP contribution in [0, 0.1) is 0 Å². The Labute approximate surface area is 203 Å². The summed E-state index contributed by atoms with van der Waals surface area (Å²) in [5.41, 5.74) is 2.62. The third-order valence-electron chi connectivity index (χ3n) is 5.19. The Kier molecular flexibility index (Phi) is 8.27. The highest BCUT2D eigenvalue weighted by molar-refractivity contribution is 6.31. The van der Waals surface area contributed by atoms with E-state index in [0.717, 1.165) is 5.56 Å². The first-order chi connectivity index (χ1) is 16.3. The molecule has 0 aromatic heterocycles. The fraction of sp³-hybridized carbons (Fsp3) is 0.192. The molecule has 2 amide bonds. The molecule has 0 heterocycles. The second-order valence-corrected chi connectivity index (χ2v) is 7.95. The van der Waals surface area contributed by atoms with Crippen LogP contribution in [0.15, 0.2) is 66.7 Å². The molecule has 3 aromatic rings. The van der Waals surface area contributed by atoms with Crippen LogP contribution in [0.3, 0.4) is 0 Å². The highest BCUT2D eigenvalue weighted by Crippen LogP contribution is 2.22. The van der Waals surface area contributed by atoms with Gasteiger partial charge < -0.3 is 20.1 Å². The van der Waals surface area contributed by atoms with Crippen molar-refractivity contribution in [2.45, 2.75) is 19.6 Å². The number of carbonyl (C=O) groups excluding carboxylic acids is 3. The molecule has 0 aliphatic carbocycles. The second kappa shape index (κ2) is 11.3. The van der Waals surface area contributed by atoms with Crippen LogP contribution in [0.2, 0.25) is 5.02 Å². The fourth-order valence-electron chi connectivity index (χ4n) is 3.33. The van der Waals surface area contributed by atoms with Crippen molar-refractivity contribution >= 4 is 29.4 Å². The predicted molar refractivity (Wildman–Crippen MR) is 129 cm³/mol. The Balaban J connectivity index is 1.76. The lowest BCUT2D eigenvalue weighted by Crippen LogP contribution is -2.28. The summed E-state index contributed by atoms with van der Waals surface area (Å²) in [5, 5.41) is 5.92. The van der Waals surface area contributed by atoms with E-state index in [1.54, 1.807) is 67.7 Å². The van der Waals surface area contributed by atoms with Crippen molar-refractivity contribution in [1.29, 1.82) is 0 Å². The number of amides is 2. The first kappa shape index (κ1) is 24.8. The van der Waals surface area contributed by atoms with Gasteiger partial charge in [-0.05, 0) is 55.0 Å². The maximum Gasteiger partial charge on any atom is 0.337 e. The van der Waals surface area contributed by atoms with Crippen LogP contribution < -0.4 is 15.4 Å². The van der Waals surface area contributed by atoms with Crippen molar-refractivity contribution in [3.05, 3.63) is 99.6 Å². The van der Waals surface area contributed by atoms with Crippen LogP contribution in [0.5, 0.6) is 5.75 Å². The standard InChI is InChI=1S/C26H25ClN2O5/c1-16(17-6-4-8-19(12-17)26(32)33-3)29-25(31)23-14-21(27)11-10-20(23)15-34-22-9-5-7-18(13-22)24(30)28-2/h4-14,16H,15H2,1-3H3,(H,28,30)(H,29,31)/t16-/m0/s1. The average Bonchev–Trinajstić information content (AvgIpc) is 2.87. The van der Waals surface area contributed by atoms with Crippen LogP contribution in [-0.2, 0) is 11.3 Å². The lowest BCUT2D eigenvalue weighted by atomic mass is 10.0. The van der Waals surface area contributed by atoms with Crippen molar-refractivity contribution in [2.75, 3.05) is 14.2 Å². The Morgan fingerprint density at radius 3 is 2.41 bits per heavy atom. The maximum atomic E-state index is 13.1. The van der Waals surface area contributed by atoms with Gasteiger partial charge in [0, 0.05) is 28.8 Å². The van der Waals surface area contributed by atoms with Gasteiger partial charge in [0.1, 0.15) is 12.4 Å². The number of hydrogen-bond donors (Lipinski definition) is 2. The first-order valence-electron chi connectivity index (χ1n) is 10.5. The largest absolute Gasteiger partial charge is 0.489 e. The average molecular weight is 481 g/mol. The topological polar surface area (TPSA) is 93.7 Å². The molecule has 0 unspecified atom stereocenters. The number of rotatable bonds is 8. The molecule has 0 spiro atoms. The highest BCUT2D eigenvalue weighted by Gasteiger charge is 2.17. The lowest BCUT2D eigenvalue weighted by molar-refractivity contribution is 0.0600. The van der Waals surface area contributed by atoms with E-state index in [0.29, 0.717) is 33.0 Å². The molecular formula is C26H25ClN2O5. The number of ether oxygens (including phenoxy) is 2. The van der Waals surface area contributed by atoms with Crippen LogP contribution >= 0.6 is 11.6 Å². The minimum absolute atomic E-state index is 0.101. The van der Waals surface area contributed by atoms with Crippen LogP contribution in [0.4, 0.5) is 0 Å². The maximum absolute atomic E-state index is 13.1. The van der Waals surface area contributed by atoms with Gasteiger partial charge >= 0.3 is 5.97 Å². The van der Waals surface area contributed by atoms with E-state index >= 15 is 0 Å². The van der Waals surface area contributed by atoms with E-state index in [1.165, 1.54) is 7.11 Å². The molecule has 0 fully saturated rings. The molecule has 0 saturated heterocycles. The molecule has 8 heteroatoms. The van der Waals surface area contributed by atoms with E-state index in [9.17, 15) is 14.4 Å². The zero-order valence-electron chi connectivity index (χ0n) is 19.1. The number of halogens is 1. The number of esters is 1. The highest BCUT2D eigenvalue weighted by atomic mass is 35.5. The Morgan fingerprint density at radius 1 is 0.941 bits per heavy atom. The van der Waals surface area contributed by atoms with Gasteiger partial charge in [-0.3, -0.25) is 9.59 Å². The van der Waals surface area contributed by atoms with E-state index < -0.39 is 5.97 Å². The fourth-order valence-corrected chi connectivity index (χ4v) is 3.50.